The number of pyridine rings is 1. The van der Waals surface area contributed by atoms with Crippen molar-refractivity contribution in [3.8, 4) is 0 Å². The van der Waals surface area contributed by atoms with Crippen LogP contribution in [-0.4, -0.2) is 55.4 Å². The van der Waals surface area contributed by atoms with E-state index in [2.05, 4.69) is 27.7 Å². The van der Waals surface area contributed by atoms with E-state index >= 15 is 0 Å². The zero-order valence-corrected chi connectivity index (χ0v) is 16.6. The minimum Gasteiger partial charge on any atom is -0.378 e. The van der Waals surface area contributed by atoms with Gasteiger partial charge in [-0.25, -0.2) is 4.98 Å². The van der Waals surface area contributed by atoms with Crippen LogP contribution in [0.5, 0.6) is 0 Å². The number of anilines is 1. The Morgan fingerprint density at radius 1 is 1.25 bits per heavy atom. The summed E-state index contributed by atoms with van der Waals surface area (Å²) >= 11 is 0. The number of hydrogen-bond acceptors (Lipinski definition) is 6. The van der Waals surface area contributed by atoms with E-state index < -0.39 is 6.17 Å². The van der Waals surface area contributed by atoms with Crippen LogP contribution >= 0.6 is 0 Å². The number of benzene rings is 1. The largest absolute Gasteiger partial charge is 0.378 e. The van der Waals surface area contributed by atoms with Crippen molar-refractivity contribution in [1.82, 2.24) is 15.6 Å². The number of aromatic nitrogens is 1. The molecule has 2 fully saturated rings. The van der Waals surface area contributed by atoms with E-state index in [0.29, 0.717) is 17.6 Å². The van der Waals surface area contributed by atoms with Gasteiger partial charge in [0.25, 0.3) is 5.91 Å². The number of fused-ring (bicyclic) bond motifs is 1. The average Bonchev–Trinajstić information content (AvgIpc) is 2.63. The maximum atomic E-state index is 12.8. The number of nitrogens with one attached hydrogen (secondary N) is 2. The number of amides is 1. The lowest BCUT2D eigenvalue weighted by molar-refractivity contribution is -0.0111. The molecule has 1 aromatic carbocycles. The van der Waals surface area contributed by atoms with Crippen molar-refractivity contribution in [1.29, 1.82) is 0 Å². The summed E-state index contributed by atoms with van der Waals surface area (Å²) in [6.07, 6.45) is 1.64. The Bertz CT molecular complexity index is 857. The molecule has 0 bridgehead atoms. The molecule has 2 aromatic rings. The Labute approximate surface area is 165 Å². The smallest absolute Gasteiger partial charge is 0.256 e. The first-order chi connectivity index (χ1) is 13.5. The lowest BCUT2D eigenvalue weighted by atomic mass is 10.0. The number of rotatable bonds is 5. The summed E-state index contributed by atoms with van der Waals surface area (Å²) in [5, 5.41) is 7.44. The fourth-order valence-electron chi connectivity index (χ4n) is 3.90. The van der Waals surface area contributed by atoms with Crippen molar-refractivity contribution in [3.05, 3.63) is 35.4 Å². The summed E-state index contributed by atoms with van der Waals surface area (Å²) in [7, 11) is 0. The molecule has 0 spiro atoms. The van der Waals surface area contributed by atoms with Crippen molar-refractivity contribution >= 4 is 22.6 Å². The van der Waals surface area contributed by atoms with Gasteiger partial charge in [-0.05, 0) is 44.9 Å². The maximum Gasteiger partial charge on any atom is 0.256 e. The highest BCUT2D eigenvalue weighted by Gasteiger charge is 2.28. The first-order valence-corrected chi connectivity index (χ1v) is 10.1. The number of nitrogens with two attached hydrogens (primary N) is 1. The third-order valence-corrected chi connectivity index (χ3v) is 5.46. The van der Waals surface area contributed by atoms with Gasteiger partial charge in [-0.3, -0.25) is 4.79 Å². The lowest BCUT2D eigenvalue weighted by Crippen LogP contribution is -2.53. The Balaban J connectivity index is 1.59. The molecule has 2 saturated heterocycles. The van der Waals surface area contributed by atoms with Crippen LogP contribution in [0.15, 0.2) is 24.3 Å². The zero-order chi connectivity index (χ0) is 19.7. The second kappa shape index (κ2) is 8.03. The molecule has 4 rings (SSSR count). The molecule has 2 aliphatic heterocycles. The third kappa shape index (κ3) is 4.11. The van der Waals surface area contributed by atoms with Gasteiger partial charge >= 0.3 is 0 Å². The van der Waals surface area contributed by atoms with Crippen molar-refractivity contribution in [3.63, 3.8) is 0 Å². The van der Waals surface area contributed by atoms with Crippen LogP contribution in [0, 0.1) is 6.92 Å². The molecular formula is C21H29N5O2. The number of hydrogen-bond donors (Lipinski definition) is 3. The summed E-state index contributed by atoms with van der Waals surface area (Å²) in [4.78, 5) is 19.9. The highest BCUT2D eigenvalue weighted by atomic mass is 16.5. The molecule has 7 nitrogen and oxygen atoms in total. The average molecular weight is 383 g/mol. The van der Waals surface area contributed by atoms with Gasteiger partial charge in [0.1, 0.15) is 5.82 Å². The molecule has 0 aliphatic carbocycles. The van der Waals surface area contributed by atoms with Gasteiger partial charge in [-0.15, -0.1) is 0 Å². The molecule has 28 heavy (non-hydrogen) atoms. The normalized spacial score (nSPS) is 19.5. The summed E-state index contributed by atoms with van der Waals surface area (Å²) < 4.78 is 5.25. The Morgan fingerprint density at radius 2 is 2.00 bits per heavy atom. The van der Waals surface area contributed by atoms with E-state index in [1.54, 1.807) is 6.92 Å². The van der Waals surface area contributed by atoms with Gasteiger partial charge in [0, 0.05) is 24.5 Å². The Morgan fingerprint density at radius 3 is 2.64 bits per heavy atom. The second-order valence-electron chi connectivity index (χ2n) is 7.98. The van der Waals surface area contributed by atoms with Gasteiger partial charge < -0.3 is 26.0 Å². The van der Waals surface area contributed by atoms with Gasteiger partial charge in [-0.1, -0.05) is 11.6 Å². The number of carbonyl (C=O) groups is 1. The number of piperidine rings is 1. The maximum absolute atomic E-state index is 12.8. The van der Waals surface area contributed by atoms with Crippen molar-refractivity contribution < 1.29 is 9.53 Å². The molecule has 1 unspecified atom stereocenters. The van der Waals surface area contributed by atoms with Crippen LogP contribution in [0.1, 0.15) is 35.7 Å². The SMILES string of the molecule is Cc1ccc2nc(N3CCC(NC4COC4)CC3)c(C(=O)NC(C)N)cc2c1. The number of carbonyl (C=O) groups excluding carboxylic acids is 1. The van der Waals surface area contributed by atoms with Crippen molar-refractivity contribution in [2.45, 2.75) is 44.9 Å². The van der Waals surface area contributed by atoms with Crippen molar-refractivity contribution in [2.24, 2.45) is 5.73 Å². The van der Waals surface area contributed by atoms with Crippen LogP contribution in [0.3, 0.4) is 0 Å². The zero-order valence-electron chi connectivity index (χ0n) is 16.6. The van der Waals surface area contributed by atoms with Gasteiger partial charge in [0.15, 0.2) is 0 Å². The monoisotopic (exact) mass is 383 g/mol. The van der Waals surface area contributed by atoms with Crippen LogP contribution in [0.2, 0.25) is 0 Å². The molecule has 4 N–H and O–H groups in total. The van der Waals surface area contributed by atoms with Crippen LogP contribution in [0.4, 0.5) is 5.82 Å². The highest BCUT2D eigenvalue weighted by Crippen LogP contribution is 2.27. The van der Waals surface area contributed by atoms with E-state index in [1.165, 1.54) is 0 Å². The summed E-state index contributed by atoms with van der Waals surface area (Å²) in [6, 6.07) is 9.06. The predicted molar refractivity (Wildman–Crippen MR) is 111 cm³/mol. The first kappa shape index (κ1) is 19.1. The van der Waals surface area contributed by atoms with Gasteiger partial charge in [0.05, 0.1) is 36.5 Å². The standard InChI is InChI=1S/C21H29N5O2/c1-13-3-4-19-15(9-13)10-18(21(27)23-14(2)22)20(25-19)26-7-5-16(6-8-26)24-17-11-28-12-17/h3-4,9-10,14,16-17,24H,5-8,11-12,22H2,1-2H3,(H,23,27). The molecule has 0 radical (unpaired) electrons. The summed E-state index contributed by atoms with van der Waals surface area (Å²) in [5.74, 6) is 0.577. The molecule has 1 atom stereocenters. The molecule has 1 aromatic heterocycles. The Hall–Kier alpha value is -2.22. The lowest BCUT2D eigenvalue weighted by Gasteiger charge is -2.38. The molecule has 1 amide bonds. The topological polar surface area (TPSA) is 92.5 Å². The Kier molecular flexibility index (Phi) is 5.48. The highest BCUT2D eigenvalue weighted by molar-refractivity contribution is 6.02. The van der Waals surface area contributed by atoms with Gasteiger partial charge in [-0.2, -0.15) is 0 Å². The second-order valence-corrected chi connectivity index (χ2v) is 7.98. The molecule has 150 valence electrons. The predicted octanol–water partition coefficient (Wildman–Crippen LogP) is 1.53. The fourth-order valence-corrected chi connectivity index (χ4v) is 3.90. The summed E-state index contributed by atoms with van der Waals surface area (Å²) in [6.45, 7) is 7.17. The van der Waals surface area contributed by atoms with E-state index in [9.17, 15) is 4.79 Å². The van der Waals surface area contributed by atoms with E-state index in [-0.39, 0.29) is 5.91 Å². The number of nitrogens with zero attached hydrogens (tertiary/aromatic N) is 2. The minimum absolute atomic E-state index is 0.173. The van der Waals surface area contributed by atoms with Crippen LogP contribution in [-0.2, 0) is 4.74 Å². The fraction of sp³-hybridized carbons (Fsp3) is 0.524. The third-order valence-electron chi connectivity index (χ3n) is 5.46. The molecule has 0 saturated carbocycles. The van der Waals surface area contributed by atoms with E-state index in [4.69, 9.17) is 15.5 Å². The molecule has 2 aliphatic rings. The number of ether oxygens (including phenoxy) is 1. The number of aryl methyl sites for hydroxylation is 1. The van der Waals surface area contributed by atoms with Crippen molar-refractivity contribution in [2.75, 3.05) is 31.2 Å². The first-order valence-electron chi connectivity index (χ1n) is 10.1. The van der Waals surface area contributed by atoms with Crippen LogP contribution in [0.25, 0.3) is 10.9 Å². The summed E-state index contributed by atoms with van der Waals surface area (Å²) in [5.41, 5.74) is 8.44. The minimum atomic E-state index is -0.409. The molecule has 7 heteroatoms. The molecular weight excluding hydrogens is 354 g/mol. The van der Waals surface area contributed by atoms with Gasteiger partial charge in [0.2, 0.25) is 0 Å². The quantitative estimate of drug-likeness (QED) is 0.678. The van der Waals surface area contributed by atoms with E-state index in [1.807, 2.05) is 19.1 Å². The van der Waals surface area contributed by atoms with Crippen LogP contribution < -0.4 is 21.3 Å². The molecule has 3 heterocycles. The van der Waals surface area contributed by atoms with E-state index in [0.717, 1.165) is 61.4 Å².